The lowest BCUT2D eigenvalue weighted by atomic mass is 9.43. The largest absolute Gasteiger partial charge is 0.508 e. The lowest BCUT2D eigenvalue weighted by Gasteiger charge is -2.59. The van der Waals surface area contributed by atoms with Gasteiger partial charge in [0.2, 0.25) is 5.78 Å². The van der Waals surface area contributed by atoms with Crippen LogP contribution in [0.25, 0.3) is 16.9 Å². The molecule has 4 aliphatic carbocycles. The maximum atomic E-state index is 14.6. The highest BCUT2D eigenvalue weighted by molar-refractivity contribution is 6.24. The predicted octanol–water partition coefficient (Wildman–Crippen LogP) is 7.79. The summed E-state index contributed by atoms with van der Waals surface area (Å²) in [7, 11) is 0. The van der Waals surface area contributed by atoms with Crippen molar-refractivity contribution < 1.29 is 34.8 Å². The van der Waals surface area contributed by atoms with Gasteiger partial charge in [0.25, 0.3) is 0 Å². The Balaban J connectivity index is 1.52. The molecule has 1 unspecified atom stereocenters. The molecule has 4 aliphatic rings. The molecule has 0 bridgehead atoms. The van der Waals surface area contributed by atoms with Gasteiger partial charge >= 0.3 is 0 Å². The van der Waals surface area contributed by atoms with E-state index in [0.29, 0.717) is 11.5 Å². The van der Waals surface area contributed by atoms with E-state index >= 15 is 0 Å². The summed E-state index contributed by atoms with van der Waals surface area (Å²) in [5.74, 6) is -3.76. The van der Waals surface area contributed by atoms with Gasteiger partial charge in [0.15, 0.2) is 17.2 Å². The summed E-state index contributed by atoms with van der Waals surface area (Å²) in [5.41, 5.74) is -0.596. The molecule has 0 spiro atoms. The van der Waals surface area contributed by atoms with Gasteiger partial charge in [-0.05, 0) is 97.1 Å². The predicted molar refractivity (Wildman–Crippen MR) is 185 cm³/mol. The second-order valence-corrected chi connectivity index (χ2v) is 16.1. The second-order valence-electron chi connectivity index (χ2n) is 16.1. The Bertz CT molecular complexity index is 1790. The number of carbonyl (C=O) groups is 3. The average molecular weight is 655 g/mol. The summed E-state index contributed by atoms with van der Waals surface area (Å²) < 4.78 is 0. The lowest BCUT2D eigenvalue weighted by Crippen LogP contribution is -2.69. The van der Waals surface area contributed by atoms with Crippen molar-refractivity contribution in [1.29, 1.82) is 0 Å². The Morgan fingerprint density at radius 2 is 1.65 bits per heavy atom. The van der Waals surface area contributed by atoms with E-state index in [1.807, 2.05) is 26.8 Å². The number of hydrogen-bond acceptors (Lipinski definition) is 7. The number of phenolic OH excluding ortho intramolecular Hbond substituents is 1. The van der Waals surface area contributed by atoms with Crippen LogP contribution in [0.3, 0.4) is 0 Å². The van der Waals surface area contributed by atoms with Crippen LogP contribution >= 0.6 is 0 Å². The summed E-state index contributed by atoms with van der Waals surface area (Å²) >= 11 is 0. The van der Waals surface area contributed by atoms with Crippen LogP contribution in [-0.2, 0) is 33.6 Å². The smallest absolute Gasteiger partial charge is 0.203 e. The monoisotopic (exact) mass is 654 g/mol. The number of ketones is 3. The van der Waals surface area contributed by atoms with Crippen LogP contribution in [-0.4, -0.2) is 43.4 Å². The quantitative estimate of drug-likeness (QED) is 0.234. The highest BCUT2D eigenvalue weighted by Crippen LogP contribution is 2.65. The van der Waals surface area contributed by atoms with Gasteiger partial charge in [0.1, 0.15) is 22.8 Å². The minimum Gasteiger partial charge on any atom is -0.508 e. The van der Waals surface area contributed by atoms with Gasteiger partial charge in [-0.3, -0.25) is 14.4 Å². The first-order valence-corrected chi connectivity index (χ1v) is 17.7. The zero-order valence-electron chi connectivity index (χ0n) is 29.4. The van der Waals surface area contributed by atoms with Crippen molar-refractivity contribution in [1.82, 2.24) is 0 Å². The minimum absolute atomic E-state index is 0.0696. The number of aliphatic hydroxyl groups is 3. The molecule has 256 valence electrons. The SMILES string of the molecule is CCc1ccc(-c2ccc(O)c3c2C[C@]2(C)C[C@]4(C)C(C(C)C)C(=O)C(C(C)=O)=C(O)[C@]4(O)C(=O)C2=C3O)cc1CC1CCC(C)CC1. The molecule has 2 aromatic rings. The van der Waals surface area contributed by atoms with Crippen LogP contribution in [0.1, 0.15) is 103 Å². The third kappa shape index (κ3) is 4.82. The Hall–Kier alpha value is -3.71. The molecule has 4 N–H and O–H groups in total. The Kier molecular flexibility index (Phi) is 8.34. The number of carbonyl (C=O) groups excluding carboxylic acids is 3. The molecule has 2 fully saturated rings. The zero-order valence-corrected chi connectivity index (χ0v) is 29.4. The standard InChI is InChI=1S/C41H50O7/c1-8-25-13-14-26(18-27(25)17-24-11-9-22(4)10-12-24)28-15-16-30(43)32-29(28)19-39(6)20-40(7)33(21(2)3)35(44)31(23(5)42)37(46)41(40,48)38(47)34(39)36(32)45/h13-16,18,21-22,24,33,43,45-46,48H,8-12,17,19-20H2,1-7H3/t22?,24?,33?,39-,40-,41+/m1/s1. The van der Waals surface area contributed by atoms with Crippen molar-refractivity contribution in [3.63, 3.8) is 0 Å². The van der Waals surface area contributed by atoms with E-state index in [1.165, 1.54) is 42.9 Å². The van der Waals surface area contributed by atoms with Gasteiger partial charge in [0, 0.05) is 22.3 Å². The Labute approximate surface area is 283 Å². The molecule has 48 heavy (non-hydrogen) atoms. The molecule has 0 saturated heterocycles. The number of hydrogen-bond donors (Lipinski definition) is 4. The fraction of sp³-hybridized carbons (Fsp3) is 0.537. The number of Topliss-reactive ketones (excluding diaryl/α,β-unsaturated/α-hetero) is 3. The van der Waals surface area contributed by atoms with E-state index in [-0.39, 0.29) is 35.6 Å². The van der Waals surface area contributed by atoms with Crippen LogP contribution in [0.15, 0.2) is 47.2 Å². The van der Waals surface area contributed by atoms with Crippen LogP contribution in [0, 0.1) is 34.5 Å². The summed E-state index contributed by atoms with van der Waals surface area (Å²) in [6.45, 7) is 12.7. The molecular formula is C41H50O7. The third-order valence-electron chi connectivity index (χ3n) is 12.4. The molecular weight excluding hydrogens is 604 g/mol. The zero-order chi connectivity index (χ0) is 35.1. The molecule has 0 heterocycles. The number of aromatic hydroxyl groups is 1. The van der Waals surface area contributed by atoms with E-state index in [4.69, 9.17) is 0 Å². The first-order chi connectivity index (χ1) is 22.5. The molecule has 7 heteroatoms. The third-order valence-corrected chi connectivity index (χ3v) is 12.4. The molecule has 0 aliphatic heterocycles. The highest BCUT2D eigenvalue weighted by Gasteiger charge is 2.72. The summed E-state index contributed by atoms with van der Waals surface area (Å²) in [6, 6.07) is 9.89. The second kappa shape index (κ2) is 11.7. The fourth-order valence-corrected chi connectivity index (χ4v) is 10.2. The Morgan fingerprint density at radius 3 is 2.25 bits per heavy atom. The van der Waals surface area contributed by atoms with Gasteiger partial charge in [-0.1, -0.05) is 78.6 Å². The average Bonchev–Trinajstić information content (AvgIpc) is 3.00. The van der Waals surface area contributed by atoms with Gasteiger partial charge in [-0.15, -0.1) is 0 Å². The molecule has 4 atom stereocenters. The van der Waals surface area contributed by atoms with Crippen LogP contribution in [0.2, 0.25) is 0 Å². The topological polar surface area (TPSA) is 132 Å². The van der Waals surface area contributed by atoms with E-state index in [1.54, 1.807) is 6.92 Å². The molecule has 0 radical (unpaired) electrons. The lowest BCUT2D eigenvalue weighted by molar-refractivity contribution is -0.178. The van der Waals surface area contributed by atoms with E-state index < -0.39 is 56.8 Å². The van der Waals surface area contributed by atoms with E-state index in [0.717, 1.165) is 36.8 Å². The van der Waals surface area contributed by atoms with E-state index in [2.05, 4.69) is 32.0 Å². The molecule has 2 saturated carbocycles. The number of rotatable bonds is 6. The van der Waals surface area contributed by atoms with Gasteiger partial charge < -0.3 is 20.4 Å². The number of allylic oxidation sites excluding steroid dienone is 1. The van der Waals surface area contributed by atoms with Crippen LogP contribution in [0.5, 0.6) is 5.75 Å². The normalized spacial score (nSPS) is 31.9. The maximum absolute atomic E-state index is 14.6. The number of aliphatic hydroxyl groups excluding tert-OH is 2. The van der Waals surface area contributed by atoms with Crippen LogP contribution in [0.4, 0.5) is 0 Å². The number of phenols is 1. The van der Waals surface area contributed by atoms with Crippen molar-refractivity contribution in [3.8, 4) is 16.9 Å². The van der Waals surface area contributed by atoms with Crippen molar-refractivity contribution in [2.24, 2.45) is 34.5 Å². The number of benzene rings is 2. The molecule has 6 rings (SSSR count). The summed E-state index contributed by atoms with van der Waals surface area (Å²) in [5, 5.41) is 46.9. The maximum Gasteiger partial charge on any atom is 0.203 e. The fourth-order valence-electron chi connectivity index (χ4n) is 10.2. The molecule has 7 nitrogen and oxygen atoms in total. The van der Waals surface area contributed by atoms with E-state index in [9.17, 15) is 34.8 Å². The first kappa shape index (κ1) is 34.2. The van der Waals surface area contributed by atoms with Gasteiger partial charge in [-0.2, -0.15) is 0 Å². The number of fused-ring (bicyclic) bond motifs is 3. The van der Waals surface area contributed by atoms with Gasteiger partial charge in [0.05, 0.1) is 5.56 Å². The minimum atomic E-state index is -2.62. The first-order valence-electron chi connectivity index (χ1n) is 17.7. The van der Waals surface area contributed by atoms with Crippen molar-refractivity contribution in [3.05, 3.63) is 69.5 Å². The Morgan fingerprint density at radius 1 is 0.979 bits per heavy atom. The number of aryl methyl sites for hydroxylation is 1. The van der Waals surface area contributed by atoms with Crippen molar-refractivity contribution in [2.45, 2.75) is 105 Å². The molecule has 0 amide bonds. The van der Waals surface area contributed by atoms with Crippen molar-refractivity contribution >= 4 is 23.1 Å². The van der Waals surface area contributed by atoms with Crippen LogP contribution < -0.4 is 0 Å². The summed E-state index contributed by atoms with van der Waals surface area (Å²) in [6.07, 6.45) is 7.20. The van der Waals surface area contributed by atoms with Gasteiger partial charge in [-0.25, -0.2) is 0 Å². The summed E-state index contributed by atoms with van der Waals surface area (Å²) in [4.78, 5) is 41.1. The highest BCUT2D eigenvalue weighted by atomic mass is 16.3. The van der Waals surface area contributed by atoms with Crippen molar-refractivity contribution in [2.75, 3.05) is 0 Å². The molecule has 2 aromatic carbocycles. The molecule has 0 aromatic heterocycles.